The number of hydrogen-bond donors (Lipinski definition) is 0. The summed E-state index contributed by atoms with van der Waals surface area (Å²) in [6, 6.07) is 13.0. The minimum absolute atomic E-state index is 0.00288. The smallest absolute Gasteiger partial charge is 0.163 e. The summed E-state index contributed by atoms with van der Waals surface area (Å²) < 4.78 is 5.58. The highest BCUT2D eigenvalue weighted by Gasteiger charge is 2.15. The van der Waals surface area contributed by atoms with Crippen molar-refractivity contribution in [2.75, 3.05) is 12.4 Å². The van der Waals surface area contributed by atoms with E-state index in [0.29, 0.717) is 17.7 Å². The van der Waals surface area contributed by atoms with Gasteiger partial charge in [0.15, 0.2) is 11.6 Å². The topological polar surface area (TPSA) is 43.4 Å². The van der Waals surface area contributed by atoms with Gasteiger partial charge in [-0.05, 0) is 19.1 Å². The van der Waals surface area contributed by atoms with Crippen LogP contribution in [0.5, 0.6) is 5.75 Å². The largest absolute Gasteiger partial charge is 0.492 e. The van der Waals surface area contributed by atoms with Crippen LogP contribution < -0.4 is 4.74 Å². The number of Topliss-reactive ketones (excluding diaryl/α,β-unsaturated/α-hetero) is 2. The lowest BCUT2D eigenvalue weighted by atomic mass is 10.0. The normalized spacial score (nSPS) is 13.1. The third-order valence-electron chi connectivity index (χ3n) is 3.82. The Morgan fingerprint density at radius 1 is 1.00 bits per heavy atom. The molecule has 0 amide bonds. The first-order valence-electron chi connectivity index (χ1n) is 7.66. The van der Waals surface area contributed by atoms with Gasteiger partial charge in [0.25, 0.3) is 0 Å². The lowest BCUT2D eigenvalue weighted by Crippen LogP contribution is -2.09. The Balaban J connectivity index is 1.63. The zero-order valence-electron chi connectivity index (χ0n) is 13.0. The van der Waals surface area contributed by atoms with E-state index < -0.39 is 0 Å². The first-order valence-corrected chi connectivity index (χ1v) is 8.65. The van der Waals surface area contributed by atoms with E-state index >= 15 is 0 Å². The second kappa shape index (κ2) is 7.01. The van der Waals surface area contributed by atoms with Crippen molar-refractivity contribution in [3.63, 3.8) is 0 Å². The van der Waals surface area contributed by atoms with E-state index in [1.54, 1.807) is 17.8 Å². The SMILES string of the molecule is Cc1ccc(C(=O)CCC(=O)c2ccc3c(c2)OCCS3)cc1. The summed E-state index contributed by atoms with van der Waals surface area (Å²) in [5.74, 6) is 1.69. The minimum Gasteiger partial charge on any atom is -0.492 e. The van der Waals surface area contributed by atoms with Crippen LogP contribution in [0.4, 0.5) is 0 Å². The molecule has 1 aliphatic heterocycles. The van der Waals surface area contributed by atoms with Gasteiger partial charge < -0.3 is 4.74 Å². The molecule has 1 heterocycles. The lowest BCUT2D eigenvalue weighted by Gasteiger charge is -2.17. The maximum atomic E-state index is 12.3. The second-order valence-corrected chi connectivity index (χ2v) is 6.71. The number of carbonyl (C=O) groups is 2. The Bertz CT molecular complexity index is 735. The predicted octanol–water partition coefficient (Wildman–Crippen LogP) is 4.33. The van der Waals surface area contributed by atoms with Gasteiger partial charge in [-0.1, -0.05) is 35.9 Å². The average Bonchev–Trinajstić information content (AvgIpc) is 2.59. The highest BCUT2D eigenvalue weighted by molar-refractivity contribution is 7.99. The summed E-state index contributed by atoms with van der Waals surface area (Å²) >= 11 is 1.74. The fourth-order valence-electron chi connectivity index (χ4n) is 2.47. The molecule has 0 unspecified atom stereocenters. The van der Waals surface area contributed by atoms with Gasteiger partial charge in [0.1, 0.15) is 5.75 Å². The maximum absolute atomic E-state index is 12.3. The number of thioether (sulfide) groups is 1. The molecular formula is C19H18O3S. The maximum Gasteiger partial charge on any atom is 0.163 e. The van der Waals surface area contributed by atoms with Gasteiger partial charge in [0.05, 0.1) is 6.61 Å². The summed E-state index contributed by atoms with van der Waals surface area (Å²) in [6.07, 6.45) is 0.452. The molecule has 2 aromatic rings. The zero-order valence-corrected chi connectivity index (χ0v) is 13.8. The Morgan fingerprint density at radius 3 is 2.39 bits per heavy atom. The van der Waals surface area contributed by atoms with Crippen LogP contribution >= 0.6 is 11.8 Å². The molecule has 0 atom stereocenters. The summed E-state index contributed by atoms with van der Waals surface area (Å²) in [5.41, 5.74) is 2.39. The van der Waals surface area contributed by atoms with Crippen molar-refractivity contribution in [2.24, 2.45) is 0 Å². The summed E-state index contributed by atoms with van der Waals surface area (Å²) in [4.78, 5) is 25.5. The highest BCUT2D eigenvalue weighted by Crippen LogP contribution is 2.34. The number of ether oxygens (including phenoxy) is 1. The van der Waals surface area contributed by atoms with Gasteiger partial charge >= 0.3 is 0 Å². The van der Waals surface area contributed by atoms with Crippen LogP contribution in [-0.4, -0.2) is 23.9 Å². The molecule has 4 heteroatoms. The van der Waals surface area contributed by atoms with Crippen molar-refractivity contribution in [2.45, 2.75) is 24.7 Å². The van der Waals surface area contributed by atoms with Crippen molar-refractivity contribution >= 4 is 23.3 Å². The number of carbonyl (C=O) groups excluding carboxylic acids is 2. The van der Waals surface area contributed by atoms with Crippen LogP contribution in [-0.2, 0) is 0 Å². The fraction of sp³-hybridized carbons (Fsp3) is 0.263. The Morgan fingerprint density at radius 2 is 1.65 bits per heavy atom. The van der Waals surface area contributed by atoms with Crippen molar-refractivity contribution in [1.29, 1.82) is 0 Å². The Hall–Kier alpha value is -2.07. The van der Waals surface area contributed by atoms with Gasteiger partial charge in [-0.2, -0.15) is 0 Å². The van der Waals surface area contributed by atoms with E-state index in [2.05, 4.69) is 0 Å². The molecule has 1 aliphatic rings. The summed E-state index contributed by atoms with van der Waals surface area (Å²) in [5, 5.41) is 0. The number of fused-ring (bicyclic) bond motifs is 1. The van der Waals surface area contributed by atoms with E-state index in [9.17, 15) is 9.59 Å². The lowest BCUT2D eigenvalue weighted by molar-refractivity contribution is 0.0917. The van der Waals surface area contributed by atoms with E-state index in [4.69, 9.17) is 4.74 Å². The van der Waals surface area contributed by atoms with E-state index in [-0.39, 0.29) is 24.4 Å². The Labute approximate surface area is 140 Å². The molecule has 0 aromatic heterocycles. The number of rotatable bonds is 5. The molecule has 0 radical (unpaired) electrons. The third kappa shape index (κ3) is 3.82. The predicted molar refractivity (Wildman–Crippen MR) is 91.7 cm³/mol. The highest BCUT2D eigenvalue weighted by atomic mass is 32.2. The molecule has 0 saturated heterocycles. The summed E-state index contributed by atoms with van der Waals surface area (Å²) in [6.45, 7) is 2.65. The van der Waals surface area contributed by atoms with E-state index in [1.807, 2.05) is 43.3 Å². The van der Waals surface area contributed by atoms with Gasteiger partial charge in [0, 0.05) is 34.6 Å². The molecule has 0 N–H and O–H groups in total. The van der Waals surface area contributed by atoms with Crippen molar-refractivity contribution in [3.05, 3.63) is 59.2 Å². The monoisotopic (exact) mass is 326 g/mol. The van der Waals surface area contributed by atoms with Gasteiger partial charge in [0.2, 0.25) is 0 Å². The minimum atomic E-state index is -0.0209. The third-order valence-corrected chi connectivity index (χ3v) is 4.84. The Kier molecular flexibility index (Phi) is 4.82. The quantitative estimate of drug-likeness (QED) is 0.767. The number of hydrogen-bond acceptors (Lipinski definition) is 4. The first kappa shape index (κ1) is 15.8. The van der Waals surface area contributed by atoms with E-state index in [0.717, 1.165) is 22.0 Å². The standard InChI is InChI=1S/C19H18O3S/c1-13-2-4-14(5-3-13)16(20)7-8-17(21)15-6-9-19-18(12-15)22-10-11-23-19/h2-6,9,12H,7-8,10-11H2,1H3. The fourth-order valence-corrected chi connectivity index (χ4v) is 3.28. The molecule has 0 bridgehead atoms. The second-order valence-electron chi connectivity index (χ2n) is 5.57. The molecule has 0 fully saturated rings. The molecular weight excluding hydrogens is 308 g/mol. The van der Waals surface area contributed by atoms with Gasteiger partial charge in [-0.25, -0.2) is 0 Å². The average molecular weight is 326 g/mol. The van der Waals surface area contributed by atoms with Crippen LogP contribution in [0, 0.1) is 6.92 Å². The van der Waals surface area contributed by atoms with Gasteiger partial charge in [-0.3, -0.25) is 9.59 Å². The number of ketones is 2. The van der Waals surface area contributed by atoms with Crippen LogP contribution in [0.3, 0.4) is 0 Å². The van der Waals surface area contributed by atoms with Crippen molar-refractivity contribution < 1.29 is 14.3 Å². The molecule has 0 saturated carbocycles. The molecule has 0 spiro atoms. The van der Waals surface area contributed by atoms with Crippen LogP contribution in [0.1, 0.15) is 39.1 Å². The van der Waals surface area contributed by atoms with Crippen molar-refractivity contribution in [1.82, 2.24) is 0 Å². The number of aryl methyl sites for hydroxylation is 1. The molecule has 3 nitrogen and oxygen atoms in total. The van der Waals surface area contributed by atoms with Crippen molar-refractivity contribution in [3.8, 4) is 5.75 Å². The molecule has 3 rings (SSSR count). The van der Waals surface area contributed by atoms with E-state index in [1.165, 1.54) is 0 Å². The van der Waals surface area contributed by atoms with Gasteiger partial charge in [-0.15, -0.1) is 11.8 Å². The van der Waals surface area contributed by atoms with Crippen LogP contribution in [0.25, 0.3) is 0 Å². The number of benzene rings is 2. The molecule has 2 aromatic carbocycles. The molecule has 23 heavy (non-hydrogen) atoms. The zero-order chi connectivity index (χ0) is 16.2. The van der Waals surface area contributed by atoms with Crippen LogP contribution in [0.2, 0.25) is 0 Å². The first-order chi connectivity index (χ1) is 11.1. The molecule has 0 aliphatic carbocycles. The summed E-state index contributed by atoms with van der Waals surface area (Å²) in [7, 11) is 0. The molecule has 118 valence electrons. The van der Waals surface area contributed by atoms with Crippen LogP contribution in [0.15, 0.2) is 47.4 Å².